The number of hydrogen-bond acceptors (Lipinski definition) is 5. The van der Waals surface area contributed by atoms with E-state index in [0.717, 1.165) is 26.2 Å². The maximum atomic E-state index is 11.9. The van der Waals surface area contributed by atoms with Gasteiger partial charge in [-0.25, -0.2) is 4.98 Å². The average molecular weight is 249 g/mol. The molecule has 0 aromatic carbocycles. The van der Waals surface area contributed by atoms with Crippen molar-refractivity contribution in [3.63, 3.8) is 0 Å². The normalized spacial score (nSPS) is 19.3. The number of fused-ring (bicyclic) bond motifs is 1. The van der Waals surface area contributed by atoms with Crippen LogP contribution in [0, 0.1) is 0 Å². The molecule has 0 radical (unpaired) electrons. The topological polar surface area (TPSA) is 81.3 Å². The fraction of sp³-hybridized carbons (Fsp3) is 0.545. The van der Waals surface area contributed by atoms with E-state index in [1.54, 1.807) is 7.05 Å². The summed E-state index contributed by atoms with van der Waals surface area (Å²) in [5.41, 5.74) is 0.572. The lowest BCUT2D eigenvalue weighted by Crippen LogP contribution is -2.45. The van der Waals surface area contributed by atoms with Gasteiger partial charge in [0.1, 0.15) is 5.69 Å². The van der Waals surface area contributed by atoms with Crippen LogP contribution in [0.15, 0.2) is 4.79 Å². The summed E-state index contributed by atoms with van der Waals surface area (Å²) >= 11 is 0. The van der Waals surface area contributed by atoms with Gasteiger partial charge in [0.15, 0.2) is 0 Å². The molecule has 1 saturated heterocycles. The van der Waals surface area contributed by atoms with E-state index >= 15 is 0 Å². The number of aromatic nitrogens is 2. The molecular formula is C11H15N5O2. The van der Waals surface area contributed by atoms with Gasteiger partial charge in [-0.05, 0) is 0 Å². The summed E-state index contributed by atoms with van der Waals surface area (Å²) in [7, 11) is 1.67. The van der Waals surface area contributed by atoms with Crippen LogP contribution in [0.2, 0.25) is 0 Å². The number of nitrogens with zero attached hydrogens (tertiary/aromatic N) is 3. The highest BCUT2D eigenvalue weighted by molar-refractivity contribution is 5.96. The van der Waals surface area contributed by atoms with Crippen LogP contribution in [-0.4, -0.2) is 54.0 Å². The molecule has 0 aliphatic carbocycles. The molecule has 18 heavy (non-hydrogen) atoms. The van der Waals surface area contributed by atoms with E-state index < -0.39 is 0 Å². The molecule has 96 valence electrons. The zero-order valence-electron chi connectivity index (χ0n) is 10.2. The highest BCUT2D eigenvalue weighted by Gasteiger charge is 2.30. The molecule has 2 N–H and O–H groups in total. The van der Waals surface area contributed by atoms with E-state index in [4.69, 9.17) is 0 Å². The Balaban J connectivity index is 2.01. The van der Waals surface area contributed by atoms with Crippen LogP contribution in [0.4, 0.5) is 5.95 Å². The van der Waals surface area contributed by atoms with Gasteiger partial charge in [0.25, 0.3) is 11.5 Å². The Morgan fingerprint density at radius 1 is 1.22 bits per heavy atom. The van der Waals surface area contributed by atoms with Gasteiger partial charge < -0.3 is 15.1 Å². The van der Waals surface area contributed by atoms with Crippen LogP contribution < -0.4 is 15.8 Å². The van der Waals surface area contributed by atoms with E-state index in [0.29, 0.717) is 23.8 Å². The van der Waals surface area contributed by atoms with Gasteiger partial charge in [-0.2, -0.15) is 0 Å². The smallest absolute Gasteiger partial charge is 0.273 e. The Kier molecular flexibility index (Phi) is 2.55. The quantitative estimate of drug-likeness (QED) is 0.651. The van der Waals surface area contributed by atoms with Crippen LogP contribution in [0.5, 0.6) is 0 Å². The number of aromatic amines is 1. The van der Waals surface area contributed by atoms with E-state index in [2.05, 4.69) is 15.3 Å². The summed E-state index contributed by atoms with van der Waals surface area (Å²) in [5, 5.41) is 3.23. The Morgan fingerprint density at radius 2 is 1.94 bits per heavy atom. The summed E-state index contributed by atoms with van der Waals surface area (Å²) in [6.07, 6.45) is 0. The third-order valence-corrected chi connectivity index (χ3v) is 3.36. The summed E-state index contributed by atoms with van der Waals surface area (Å²) in [5.74, 6) is 0.330. The van der Waals surface area contributed by atoms with Gasteiger partial charge in [-0.15, -0.1) is 0 Å². The van der Waals surface area contributed by atoms with Crippen molar-refractivity contribution < 1.29 is 4.79 Å². The van der Waals surface area contributed by atoms with Gasteiger partial charge in [0.2, 0.25) is 5.95 Å². The SMILES string of the molecule is CN1Cc2c(nc(N3CCNCC3)[nH]c2=O)C1=O. The summed E-state index contributed by atoms with van der Waals surface area (Å²) in [4.78, 5) is 34.4. The molecule has 1 amide bonds. The van der Waals surface area contributed by atoms with Gasteiger partial charge >= 0.3 is 0 Å². The molecule has 7 heteroatoms. The number of amides is 1. The second-order valence-corrected chi connectivity index (χ2v) is 4.61. The van der Waals surface area contributed by atoms with E-state index in [1.165, 1.54) is 4.90 Å². The Labute approximate surface area is 104 Å². The lowest BCUT2D eigenvalue weighted by Gasteiger charge is -2.27. The third-order valence-electron chi connectivity index (χ3n) is 3.36. The summed E-state index contributed by atoms with van der Waals surface area (Å²) < 4.78 is 0. The van der Waals surface area contributed by atoms with E-state index in [-0.39, 0.29) is 11.5 Å². The second-order valence-electron chi connectivity index (χ2n) is 4.61. The lowest BCUT2D eigenvalue weighted by molar-refractivity contribution is 0.0812. The fourth-order valence-electron chi connectivity index (χ4n) is 2.33. The Hall–Kier alpha value is -1.89. The van der Waals surface area contributed by atoms with Crippen LogP contribution in [-0.2, 0) is 6.54 Å². The van der Waals surface area contributed by atoms with Gasteiger partial charge in [0.05, 0.1) is 12.1 Å². The predicted octanol–water partition coefficient (Wildman–Crippen LogP) is -1.23. The highest BCUT2D eigenvalue weighted by Crippen LogP contribution is 2.18. The average Bonchev–Trinajstić information content (AvgIpc) is 2.68. The third kappa shape index (κ3) is 1.67. The molecular weight excluding hydrogens is 234 g/mol. The van der Waals surface area contributed by atoms with E-state index in [9.17, 15) is 9.59 Å². The van der Waals surface area contributed by atoms with Crippen molar-refractivity contribution in [3.8, 4) is 0 Å². The minimum atomic E-state index is -0.203. The van der Waals surface area contributed by atoms with Gasteiger partial charge in [-0.1, -0.05) is 0 Å². The minimum Gasteiger partial charge on any atom is -0.340 e. The molecule has 0 spiro atoms. The van der Waals surface area contributed by atoms with Crippen molar-refractivity contribution in [1.29, 1.82) is 0 Å². The maximum Gasteiger partial charge on any atom is 0.273 e. The monoisotopic (exact) mass is 249 g/mol. The minimum absolute atomic E-state index is 0.174. The van der Waals surface area contributed by atoms with E-state index in [1.807, 2.05) is 4.90 Å². The first-order valence-electron chi connectivity index (χ1n) is 6.01. The number of nitrogens with one attached hydrogen (secondary N) is 2. The first-order valence-corrected chi connectivity index (χ1v) is 6.01. The molecule has 3 rings (SSSR count). The van der Waals surface area contributed by atoms with Crippen LogP contribution in [0.25, 0.3) is 0 Å². The maximum absolute atomic E-state index is 11.9. The molecule has 1 fully saturated rings. The van der Waals surface area contributed by atoms with Crippen molar-refractivity contribution in [3.05, 3.63) is 21.6 Å². The molecule has 0 atom stereocenters. The van der Waals surface area contributed by atoms with Crippen molar-refractivity contribution in [2.45, 2.75) is 6.54 Å². The molecule has 0 unspecified atom stereocenters. The number of carbonyl (C=O) groups is 1. The number of anilines is 1. The first-order chi connectivity index (χ1) is 8.66. The predicted molar refractivity (Wildman–Crippen MR) is 65.7 cm³/mol. The number of piperazine rings is 1. The summed E-state index contributed by atoms with van der Waals surface area (Å²) in [6.45, 7) is 3.62. The largest absolute Gasteiger partial charge is 0.340 e. The van der Waals surface area contributed by atoms with Crippen molar-refractivity contribution in [1.82, 2.24) is 20.2 Å². The van der Waals surface area contributed by atoms with Crippen molar-refractivity contribution in [2.75, 3.05) is 38.1 Å². The number of carbonyl (C=O) groups excluding carboxylic acids is 1. The molecule has 0 bridgehead atoms. The van der Waals surface area contributed by atoms with Crippen LogP contribution >= 0.6 is 0 Å². The highest BCUT2D eigenvalue weighted by atomic mass is 16.2. The van der Waals surface area contributed by atoms with Crippen LogP contribution in [0.3, 0.4) is 0 Å². The molecule has 3 heterocycles. The van der Waals surface area contributed by atoms with Gasteiger partial charge in [0, 0.05) is 33.2 Å². The zero-order valence-corrected chi connectivity index (χ0v) is 10.2. The molecule has 2 aliphatic heterocycles. The number of rotatable bonds is 1. The lowest BCUT2D eigenvalue weighted by atomic mass is 10.2. The molecule has 2 aliphatic rings. The molecule has 1 aromatic rings. The van der Waals surface area contributed by atoms with Crippen LogP contribution in [0.1, 0.15) is 16.1 Å². The zero-order chi connectivity index (χ0) is 12.7. The standard InChI is InChI=1S/C11H15N5O2/c1-15-6-7-8(10(15)18)13-11(14-9(7)17)16-4-2-12-3-5-16/h12H,2-6H2,1H3,(H,13,14,17). The van der Waals surface area contributed by atoms with Crippen molar-refractivity contribution >= 4 is 11.9 Å². The summed E-state index contributed by atoms with van der Waals surface area (Å²) in [6, 6.07) is 0. The van der Waals surface area contributed by atoms with Gasteiger partial charge in [-0.3, -0.25) is 14.6 Å². The first kappa shape index (κ1) is 11.2. The fourth-order valence-corrected chi connectivity index (χ4v) is 2.33. The number of hydrogen-bond donors (Lipinski definition) is 2. The Bertz CT molecular complexity index is 547. The molecule has 7 nitrogen and oxygen atoms in total. The molecule has 0 saturated carbocycles. The number of H-pyrrole nitrogens is 1. The van der Waals surface area contributed by atoms with Crippen molar-refractivity contribution in [2.24, 2.45) is 0 Å². The Morgan fingerprint density at radius 3 is 2.67 bits per heavy atom. The molecule has 1 aromatic heterocycles. The second kappa shape index (κ2) is 4.09.